The summed E-state index contributed by atoms with van der Waals surface area (Å²) in [5, 5.41) is 10.1. The number of benzene rings is 10. The third-order valence-electron chi connectivity index (χ3n) is 10.8. The van der Waals surface area contributed by atoms with E-state index in [4.69, 9.17) is 4.74 Å². The van der Waals surface area contributed by atoms with Gasteiger partial charge in [0.25, 0.3) is 0 Å². The normalized spacial score (nSPS) is 12.1. The molecule has 1 nitrogen and oxygen atoms in total. The molecule has 51 heavy (non-hydrogen) atoms. The first-order chi connectivity index (χ1) is 25.3. The van der Waals surface area contributed by atoms with Gasteiger partial charge in [-0.1, -0.05) is 152 Å². The van der Waals surface area contributed by atoms with Crippen molar-refractivity contribution in [2.45, 2.75) is 0 Å². The molecule has 0 unspecified atom stereocenters. The molecule has 10 aromatic rings. The van der Waals surface area contributed by atoms with Crippen LogP contribution in [0.1, 0.15) is 0 Å². The highest BCUT2D eigenvalue weighted by Gasteiger charge is 2.22. The SMILES string of the molecule is c1ccc(-c2cc(-c3ccc4c5c(cccc35)-c3ccccc3O4)cc(-c3ccc4ccc5c(-c6ccccc6)ccc6ccc3c4c65)c2)cc1. The third kappa shape index (κ3) is 4.28. The Morgan fingerprint density at radius 2 is 0.765 bits per heavy atom. The van der Waals surface area contributed by atoms with Crippen LogP contribution in [-0.2, 0) is 0 Å². The van der Waals surface area contributed by atoms with Crippen LogP contribution in [0.25, 0.3) is 98.7 Å². The van der Waals surface area contributed by atoms with Gasteiger partial charge in [0.15, 0.2) is 0 Å². The van der Waals surface area contributed by atoms with Gasteiger partial charge in [-0.2, -0.15) is 0 Å². The molecule has 10 aromatic carbocycles. The molecule has 0 saturated heterocycles. The van der Waals surface area contributed by atoms with Crippen LogP contribution < -0.4 is 4.74 Å². The molecule has 1 aliphatic rings. The van der Waals surface area contributed by atoms with E-state index < -0.39 is 0 Å². The summed E-state index contributed by atoms with van der Waals surface area (Å²) >= 11 is 0. The molecule has 1 heteroatoms. The molecule has 0 spiro atoms. The highest BCUT2D eigenvalue weighted by atomic mass is 16.5. The molecule has 0 bridgehead atoms. The minimum Gasteiger partial charge on any atom is -0.456 e. The number of para-hydroxylation sites is 1. The first kappa shape index (κ1) is 28.2. The van der Waals surface area contributed by atoms with Gasteiger partial charge in [0.2, 0.25) is 0 Å². The Morgan fingerprint density at radius 1 is 0.255 bits per heavy atom. The van der Waals surface area contributed by atoms with Crippen molar-refractivity contribution in [2.75, 3.05) is 0 Å². The molecule has 0 aromatic heterocycles. The van der Waals surface area contributed by atoms with Gasteiger partial charge in [-0.05, 0) is 118 Å². The largest absolute Gasteiger partial charge is 0.456 e. The van der Waals surface area contributed by atoms with Gasteiger partial charge in [-0.3, -0.25) is 0 Å². The Hall–Kier alpha value is -6.70. The fourth-order valence-electron chi connectivity index (χ4n) is 8.49. The molecule has 236 valence electrons. The summed E-state index contributed by atoms with van der Waals surface area (Å²) in [6.07, 6.45) is 0. The minimum absolute atomic E-state index is 0.906. The Balaban J connectivity index is 1.17. The molecule has 1 heterocycles. The fourth-order valence-corrected chi connectivity index (χ4v) is 8.49. The van der Waals surface area contributed by atoms with Crippen LogP contribution in [0.5, 0.6) is 11.5 Å². The molecular formula is C50H30O. The van der Waals surface area contributed by atoms with Crippen LogP contribution in [0.15, 0.2) is 182 Å². The van der Waals surface area contributed by atoms with E-state index in [9.17, 15) is 0 Å². The molecule has 0 atom stereocenters. The van der Waals surface area contributed by atoms with Crippen LogP contribution >= 0.6 is 0 Å². The van der Waals surface area contributed by atoms with Crippen molar-refractivity contribution in [2.24, 2.45) is 0 Å². The maximum atomic E-state index is 6.47. The van der Waals surface area contributed by atoms with Gasteiger partial charge in [-0.25, -0.2) is 0 Å². The van der Waals surface area contributed by atoms with Crippen LogP contribution in [0.4, 0.5) is 0 Å². The Labute approximate surface area is 296 Å². The van der Waals surface area contributed by atoms with Crippen molar-refractivity contribution in [3.05, 3.63) is 182 Å². The maximum Gasteiger partial charge on any atom is 0.135 e. The molecule has 0 aliphatic carbocycles. The molecular weight excluding hydrogens is 617 g/mol. The van der Waals surface area contributed by atoms with E-state index >= 15 is 0 Å². The van der Waals surface area contributed by atoms with Gasteiger partial charge < -0.3 is 4.74 Å². The molecule has 0 amide bonds. The van der Waals surface area contributed by atoms with Crippen LogP contribution in [-0.4, -0.2) is 0 Å². The molecule has 0 fully saturated rings. The predicted octanol–water partition coefficient (Wildman–Crippen LogP) is 14.2. The summed E-state index contributed by atoms with van der Waals surface area (Å²) in [4.78, 5) is 0. The summed E-state index contributed by atoms with van der Waals surface area (Å²) in [6, 6.07) is 66.4. The van der Waals surface area contributed by atoms with Crippen molar-refractivity contribution in [3.8, 4) is 67.1 Å². The average molecular weight is 647 g/mol. The van der Waals surface area contributed by atoms with E-state index in [0.717, 1.165) is 22.4 Å². The number of ether oxygens (including phenoxy) is 1. The van der Waals surface area contributed by atoms with Crippen molar-refractivity contribution in [1.82, 2.24) is 0 Å². The molecule has 0 N–H and O–H groups in total. The molecule has 11 rings (SSSR count). The Kier molecular flexibility index (Phi) is 6.02. The highest BCUT2D eigenvalue weighted by molar-refractivity contribution is 6.27. The second-order valence-corrected chi connectivity index (χ2v) is 13.6. The van der Waals surface area contributed by atoms with E-state index in [0.29, 0.717) is 0 Å². The lowest BCUT2D eigenvalue weighted by molar-refractivity contribution is 0.487. The molecule has 1 aliphatic heterocycles. The smallest absolute Gasteiger partial charge is 0.135 e. The number of hydrogen-bond acceptors (Lipinski definition) is 1. The van der Waals surface area contributed by atoms with Crippen LogP contribution in [0, 0.1) is 0 Å². The van der Waals surface area contributed by atoms with Gasteiger partial charge in [0.1, 0.15) is 11.5 Å². The summed E-state index contributed by atoms with van der Waals surface area (Å²) in [7, 11) is 0. The van der Waals surface area contributed by atoms with Gasteiger partial charge in [0, 0.05) is 10.9 Å². The van der Waals surface area contributed by atoms with Gasteiger partial charge in [0.05, 0.1) is 0 Å². The lowest BCUT2D eigenvalue weighted by Crippen LogP contribution is -1.97. The lowest BCUT2D eigenvalue weighted by Gasteiger charge is -2.23. The second-order valence-electron chi connectivity index (χ2n) is 13.6. The standard InChI is InChI=1S/C50H30O/c1-3-10-31(11-4-1)35-28-36(30-37(29-35)40-26-27-47-50-42(40)15-9-16-43(50)41-14-7-8-17-46(41)51-47)39-23-19-34-20-24-44-38(32-12-5-2-6-13-32)22-18-33-21-25-45(39)49(34)48(33)44/h1-30H. The lowest BCUT2D eigenvalue weighted by atomic mass is 9.85. The van der Waals surface area contributed by atoms with E-state index in [-0.39, 0.29) is 0 Å². The minimum atomic E-state index is 0.906. The Morgan fingerprint density at radius 3 is 1.45 bits per heavy atom. The number of rotatable bonds is 4. The summed E-state index contributed by atoms with van der Waals surface area (Å²) in [6.45, 7) is 0. The van der Waals surface area contributed by atoms with Crippen molar-refractivity contribution >= 4 is 43.1 Å². The number of fused-ring (bicyclic) bond motifs is 2. The molecule has 0 radical (unpaired) electrons. The highest BCUT2D eigenvalue weighted by Crippen LogP contribution is 2.49. The summed E-state index contributed by atoms with van der Waals surface area (Å²) in [5.41, 5.74) is 12.1. The van der Waals surface area contributed by atoms with Gasteiger partial charge in [-0.15, -0.1) is 0 Å². The van der Waals surface area contributed by atoms with E-state index in [1.165, 1.54) is 87.8 Å². The first-order valence-electron chi connectivity index (χ1n) is 17.6. The third-order valence-corrected chi connectivity index (χ3v) is 10.8. The van der Waals surface area contributed by atoms with Crippen LogP contribution in [0.2, 0.25) is 0 Å². The average Bonchev–Trinajstić information content (AvgIpc) is 3.20. The number of hydrogen-bond donors (Lipinski definition) is 0. The first-order valence-corrected chi connectivity index (χ1v) is 17.6. The summed E-state index contributed by atoms with van der Waals surface area (Å²) < 4.78 is 6.47. The van der Waals surface area contributed by atoms with Crippen molar-refractivity contribution in [3.63, 3.8) is 0 Å². The Bertz CT molecular complexity index is 2970. The van der Waals surface area contributed by atoms with Crippen molar-refractivity contribution in [1.29, 1.82) is 0 Å². The molecule has 0 saturated carbocycles. The monoisotopic (exact) mass is 646 g/mol. The maximum absolute atomic E-state index is 6.47. The zero-order valence-corrected chi connectivity index (χ0v) is 27.7. The summed E-state index contributed by atoms with van der Waals surface area (Å²) in [5.74, 6) is 1.81. The zero-order chi connectivity index (χ0) is 33.5. The zero-order valence-electron chi connectivity index (χ0n) is 27.7. The van der Waals surface area contributed by atoms with E-state index in [2.05, 4.69) is 176 Å². The van der Waals surface area contributed by atoms with E-state index in [1.807, 2.05) is 6.07 Å². The predicted molar refractivity (Wildman–Crippen MR) is 215 cm³/mol. The van der Waals surface area contributed by atoms with Crippen molar-refractivity contribution < 1.29 is 4.74 Å². The van der Waals surface area contributed by atoms with E-state index in [1.54, 1.807) is 0 Å². The van der Waals surface area contributed by atoms with Gasteiger partial charge >= 0.3 is 0 Å². The quantitative estimate of drug-likeness (QED) is 0.173. The van der Waals surface area contributed by atoms with Crippen LogP contribution in [0.3, 0.4) is 0 Å². The second kappa shape index (κ2) is 10.9. The fraction of sp³-hybridized carbons (Fsp3) is 0. The topological polar surface area (TPSA) is 9.23 Å².